The summed E-state index contributed by atoms with van der Waals surface area (Å²) < 4.78 is 0.782. The molecule has 0 heterocycles. The number of nitrogens with two attached hydrogens (primary N) is 1. The van der Waals surface area contributed by atoms with Gasteiger partial charge in [-0.1, -0.05) is 0 Å². The van der Waals surface area contributed by atoms with Crippen molar-refractivity contribution >= 4 is 25.1 Å². The minimum absolute atomic E-state index is 0.281. The van der Waals surface area contributed by atoms with Gasteiger partial charge in [0.25, 0.3) is 0 Å². The van der Waals surface area contributed by atoms with Crippen LogP contribution < -0.4 is 10.2 Å². The summed E-state index contributed by atoms with van der Waals surface area (Å²) in [5, 5.41) is 17.0. The van der Waals surface area contributed by atoms with Gasteiger partial charge in [-0.2, -0.15) is 0 Å². The molecule has 58 valence electrons. The van der Waals surface area contributed by atoms with Gasteiger partial charge in [0.1, 0.15) is 0 Å². The number of nitrogen functional groups attached to an aromatic ring is 1. The molecule has 0 aliphatic rings. The topological polar surface area (TPSA) is 73.6 Å². The van der Waals surface area contributed by atoms with Crippen LogP contribution in [-0.4, -0.2) is 15.0 Å². The number of benzene rings is 1. The zero-order chi connectivity index (χ0) is 8.97. The fourth-order valence-corrected chi connectivity index (χ4v) is 1.73. The quantitative estimate of drug-likeness (QED) is 0.534. The second kappa shape index (κ2) is 3.78. The summed E-state index contributed by atoms with van der Waals surface area (Å²) in [7, 11) is 0. The van der Waals surface area contributed by atoms with E-state index >= 15 is 0 Å². The molecule has 12 heavy (non-hydrogen) atoms. The summed E-state index contributed by atoms with van der Waals surface area (Å²) in [6.45, 7) is 0. The van der Waals surface area contributed by atoms with Crippen molar-refractivity contribution in [2.45, 2.75) is 0 Å². The van der Waals surface area contributed by atoms with Gasteiger partial charge in [0, 0.05) is 0 Å². The van der Waals surface area contributed by atoms with Gasteiger partial charge >= 0.3 is 76.2 Å². The van der Waals surface area contributed by atoms with Crippen LogP contribution in [-0.2, 0) is 0 Å². The Labute approximate surface area is 76.6 Å². The molecule has 0 aliphatic carbocycles. The van der Waals surface area contributed by atoms with E-state index in [1.54, 1.807) is 18.2 Å². The second-order valence-corrected chi connectivity index (χ2v) is 3.79. The number of hydrogen-bond donors (Lipinski definition) is 1. The summed E-state index contributed by atoms with van der Waals surface area (Å²) in [6, 6.07) is 6.97. The number of nitrogens with zero attached hydrogens (tertiary/aromatic N) is 2. The molecule has 0 saturated heterocycles. The van der Waals surface area contributed by atoms with E-state index in [0.29, 0.717) is 11.3 Å². The van der Waals surface area contributed by atoms with E-state index in [4.69, 9.17) is 16.3 Å². The molecule has 0 unspecified atom stereocenters. The van der Waals surface area contributed by atoms with Crippen molar-refractivity contribution < 1.29 is 0 Å². The van der Waals surface area contributed by atoms with Crippen LogP contribution in [0.4, 0.5) is 5.69 Å². The Morgan fingerprint density at radius 1 is 1.33 bits per heavy atom. The first-order valence-electron chi connectivity index (χ1n) is 3.13. The molecule has 3 nitrogen and oxygen atoms in total. The first kappa shape index (κ1) is 8.61. The Morgan fingerprint density at radius 2 is 2.08 bits per heavy atom. The van der Waals surface area contributed by atoms with Gasteiger partial charge in [0.05, 0.1) is 0 Å². The summed E-state index contributed by atoms with van der Waals surface area (Å²) in [5.41, 5.74) is 6.73. The van der Waals surface area contributed by atoms with Crippen LogP contribution in [0.15, 0.2) is 18.2 Å². The number of anilines is 1. The Bertz CT molecular complexity index is 373. The molecule has 1 aromatic carbocycles. The van der Waals surface area contributed by atoms with E-state index in [0.717, 1.165) is 4.46 Å². The van der Waals surface area contributed by atoms with Gasteiger partial charge in [-0.15, -0.1) is 0 Å². The molecular weight excluding hydrogens is 217 g/mol. The van der Waals surface area contributed by atoms with E-state index < -0.39 is 0 Å². The standard InChI is InChI=1S/C8H5N3Se/c9-4-6-1-2-7(11)8(3-6)12-5-10/h1-3H,11H2. The average Bonchev–Trinajstić information content (AvgIpc) is 2.09. The van der Waals surface area contributed by atoms with Crippen LogP contribution in [0.2, 0.25) is 0 Å². The molecule has 1 aromatic rings. The van der Waals surface area contributed by atoms with Crippen molar-refractivity contribution in [2.75, 3.05) is 5.73 Å². The van der Waals surface area contributed by atoms with Crippen LogP contribution in [0.5, 0.6) is 0 Å². The van der Waals surface area contributed by atoms with Gasteiger partial charge in [-0.3, -0.25) is 0 Å². The van der Waals surface area contributed by atoms with Crippen molar-refractivity contribution in [3.05, 3.63) is 23.8 Å². The predicted octanol–water partition coefficient (Wildman–Crippen LogP) is -0.0489. The summed E-state index contributed by atoms with van der Waals surface area (Å²) in [5.74, 6) is 0. The number of nitriles is 2. The number of rotatable bonds is 1. The Hall–Kier alpha value is -1.48. The third-order valence-electron chi connectivity index (χ3n) is 1.30. The molecule has 0 fully saturated rings. The maximum absolute atomic E-state index is 8.55. The van der Waals surface area contributed by atoms with Gasteiger partial charge < -0.3 is 0 Å². The van der Waals surface area contributed by atoms with Gasteiger partial charge in [-0.25, -0.2) is 0 Å². The van der Waals surface area contributed by atoms with Gasteiger partial charge in [0.15, 0.2) is 0 Å². The van der Waals surface area contributed by atoms with Gasteiger partial charge in [0.2, 0.25) is 0 Å². The molecule has 0 aliphatic heterocycles. The summed E-state index contributed by atoms with van der Waals surface area (Å²) >= 11 is -0.281. The molecule has 0 radical (unpaired) electrons. The molecular formula is C8H5N3Se. The van der Waals surface area contributed by atoms with E-state index in [-0.39, 0.29) is 15.0 Å². The maximum atomic E-state index is 8.55. The molecule has 0 spiro atoms. The first-order chi connectivity index (χ1) is 5.77. The molecule has 2 N–H and O–H groups in total. The second-order valence-electron chi connectivity index (χ2n) is 2.06. The van der Waals surface area contributed by atoms with E-state index in [1.807, 2.05) is 11.0 Å². The van der Waals surface area contributed by atoms with Crippen molar-refractivity contribution in [2.24, 2.45) is 0 Å². The molecule has 0 bridgehead atoms. The number of hydrogen-bond acceptors (Lipinski definition) is 3. The van der Waals surface area contributed by atoms with Crippen molar-refractivity contribution in [3.63, 3.8) is 0 Å². The van der Waals surface area contributed by atoms with Crippen molar-refractivity contribution in [1.82, 2.24) is 0 Å². The van der Waals surface area contributed by atoms with Crippen LogP contribution >= 0.6 is 0 Å². The fraction of sp³-hybridized carbons (Fsp3) is 0. The molecule has 4 heteroatoms. The Morgan fingerprint density at radius 3 is 2.67 bits per heavy atom. The van der Waals surface area contributed by atoms with Crippen LogP contribution in [0, 0.1) is 21.6 Å². The van der Waals surface area contributed by atoms with Crippen LogP contribution in [0.1, 0.15) is 5.56 Å². The van der Waals surface area contributed by atoms with E-state index in [2.05, 4.69) is 0 Å². The van der Waals surface area contributed by atoms with E-state index in [9.17, 15) is 0 Å². The van der Waals surface area contributed by atoms with Crippen molar-refractivity contribution in [3.8, 4) is 11.0 Å². The SMILES string of the molecule is N#C[Se]c1cc(C#N)ccc1N. The van der Waals surface area contributed by atoms with Crippen LogP contribution in [0.25, 0.3) is 0 Å². The average molecular weight is 222 g/mol. The van der Waals surface area contributed by atoms with E-state index in [1.165, 1.54) is 0 Å². The molecule has 0 atom stereocenters. The predicted molar refractivity (Wildman–Crippen MR) is 46.6 cm³/mol. The Balaban J connectivity index is 3.12. The molecule has 0 amide bonds. The third-order valence-corrected chi connectivity index (χ3v) is 2.69. The zero-order valence-corrected chi connectivity index (χ0v) is 7.83. The molecule has 0 aromatic heterocycles. The molecule has 1 rings (SSSR count). The first-order valence-corrected chi connectivity index (χ1v) is 4.85. The third kappa shape index (κ3) is 1.77. The van der Waals surface area contributed by atoms with Crippen molar-refractivity contribution in [1.29, 1.82) is 10.5 Å². The minimum atomic E-state index is -0.281. The monoisotopic (exact) mass is 223 g/mol. The molecule has 0 saturated carbocycles. The normalized spacial score (nSPS) is 8.50. The van der Waals surface area contributed by atoms with Gasteiger partial charge in [-0.05, 0) is 0 Å². The summed E-state index contributed by atoms with van der Waals surface area (Å²) in [4.78, 5) is 2.05. The summed E-state index contributed by atoms with van der Waals surface area (Å²) in [6.07, 6.45) is 0. The zero-order valence-electron chi connectivity index (χ0n) is 6.11. The van der Waals surface area contributed by atoms with Crippen LogP contribution in [0.3, 0.4) is 0 Å². The Kier molecular flexibility index (Phi) is 2.71. The fourth-order valence-electron chi connectivity index (χ4n) is 0.741.